The second-order valence-electron chi connectivity index (χ2n) is 9.92. The largest absolute Gasteiger partial charge is 0.309 e. The van der Waals surface area contributed by atoms with Crippen molar-refractivity contribution in [3.8, 4) is 16.8 Å². The molecule has 0 unspecified atom stereocenters. The Balaban J connectivity index is 1.41. The molecule has 0 saturated heterocycles. The topological polar surface area (TPSA) is 4.93 Å². The van der Waals surface area contributed by atoms with Crippen molar-refractivity contribution in [3.05, 3.63) is 138 Å². The van der Waals surface area contributed by atoms with E-state index in [-0.39, 0.29) is 0 Å². The molecule has 2 heteroatoms. The summed E-state index contributed by atoms with van der Waals surface area (Å²) in [7, 11) is 0. The van der Waals surface area contributed by atoms with Crippen LogP contribution in [0.15, 0.2) is 138 Å². The number of halogens is 1. The van der Waals surface area contributed by atoms with Crippen LogP contribution < -0.4 is 0 Å². The van der Waals surface area contributed by atoms with E-state index < -0.39 is 0 Å². The molecule has 1 aromatic heterocycles. The molecule has 0 aliphatic rings. The van der Waals surface area contributed by atoms with Crippen molar-refractivity contribution in [1.82, 2.24) is 4.57 Å². The molecule has 0 bridgehead atoms. The Morgan fingerprint density at radius 3 is 1.50 bits per heavy atom. The van der Waals surface area contributed by atoms with E-state index in [0.717, 1.165) is 4.47 Å². The molecule has 38 heavy (non-hydrogen) atoms. The van der Waals surface area contributed by atoms with Crippen LogP contribution in [0.4, 0.5) is 0 Å². The number of nitrogens with zero attached hydrogens (tertiary/aromatic N) is 1. The second kappa shape index (κ2) is 8.31. The number of benzene rings is 7. The molecule has 0 amide bonds. The maximum Gasteiger partial charge on any atom is 0.0541 e. The highest BCUT2D eigenvalue weighted by Crippen LogP contribution is 2.39. The summed E-state index contributed by atoms with van der Waals surface area (Å²) in [4.78, 5) is 0. The van der Waals surface area contributed by atoms with E-state index in [0.29, 0.717) is 0 Å². The zero-order valence-corrected chi connectivity index (χ0v) is 22.1. The quantitative estimate of drug-likeness (QED) is 0.189. The standard InChI is InChI=1S/C36H22BrN/c37-25-16-19-36-34(22-25)33-21-24(15-18-35(33)38(36)26-8-2-1-3-9-26)23-14-17-31-29-12-5-4-10-27(29)28-11-6-7-13-30(28)32(31)20-23/h1-22H. The molecule has 0 aliphatic carbocycles. The molecular weight excluding hydrogens is 526 g/mol. The van der Waals surface area contributed by atoms with Crippen molar-refractivity contribution < 1.29 is 0 Å². The number of hydrogen-bond donors (Lipinski definition) is 0. The van der Waals surface area contributed by atoms with Gasteiger partial charge in [-0.2, -0.15) is 0 Å². The van der Waals surface area contributed by atoms with Crippen molar-refractivity contribution in [1.29, 1.82) is 0 Å². The molecule has 0 spiro atoms. The summed E-state index contributed by atoms with van der Waals surface area (Å²) in [6.07, 6.45) is 0. The number of para-hydroxylation sites is 1. The lowest BCUT2D eigenvalue weighted by Gasteiger charge is -2.12. The van der Waals surface area contributed by atoms with Gasteiger partial charge in [0.2, 0.25) is 0 Å². The van der Waals surface area contributed by atoms with E-state index in [1.54, 1.807) is 0 Å². The first kappa shape index (κ1) is 21.7. The normalized spacial score (nSPS) is 11.8. The van der Waals surface area contributed by atoms with Gasteiger partial charge in [-0.05, 0) is 92.0 Å². The highest BCUT2D eigenvalue weighted by atomic mass is 79.9. The molecular formula is C36H22BrN. The van der Waals surface area contributed by atoms with Gasteiger partial charge in [-0.15, -0.1) is 0 Å². The average molecular weight is 548 g/mol. The molecule has 8 aromatic rings. The fourth-order valence-corrected chi connectivity index (χ4v) is 6.48. The predicted molar refractivity (Wildman–Crippen MR) is 166 cm³/mol. The summed E-state index contributed by atoms with van der Waals surface area (Å²) in [6.45, 7) is 0. The summed E-state index contributed by atoms with van der Waals surface area (Å²) in [5.41, 5.74) is 6.05. The molecule has 0 N–H and O–H groups in total. The first-order valence-corrected chi connectivity index (χ1v) is 13.7. The number of rotatable bonds is 2. The van der Waals surface area contributed by atoms with Crippen LogP contribution in [0.1, 0.15) is 0 Å². The van der Waals surface area contributed by atoms with Crippen molar-refractivity contribution in [3.63, 3.8) is 0 Å². The Kier molecular flexibility index (Phi) is 4.74. The van der Waals surface area contributed by atoms with Crippen molar-refractivity contribution in [2.45, 2.75) is 0 Å². The smallest absolute Gasteiger partial charge is 0.0541 e. The van der Waals surface area contributed by atoms with Crippen molar-refractivity contribution in [2.75, 3.05) is 0 Å². The second-order valence-corrected chi connectivity index (χ2v) is 10.8. The van der Waals surface area contributed by atoms with E-state index in [4.69, 9.17) is 0 Å². The molecule has 7 aromatic carbocycles. The Morgan fingerprint density at radius 1 is 0.368 bits per heavy atom. The zero-order valence-electron chi connectivity index (χ0n) is 20.5. The highest BCUT2D eigenvalue weighted by molar-refractivity contribution is 9.10. The Labute approximate surface area is 228 Å². The lowest BCUT2D eigenvalue weighted by Crippen LogP contribution is -1.92. The lowest BCUT2D eigenvalue weighted by atomic mass is 9.92. The maximum atomic E-state index is 3.71. The molecule has 0 fully saturated rings. The maximum absolute atomic E-state index is 3.71. The minimum atomic E-state index is 1.09. The summed E-state index contributed by atoms with van der Waals surface area (Å²) < 4.78 is 3.45. The van der Waals surface area contributed by atoms with Crippen LogP contribution in [0, 0.1) is 0 Å². The fraction of sp³-hybridized carbons (Fsp3) is 0. The Bertz CT molecular complexity index is 2150. The van der Waals surface area contributed by atoms with Gasteiger partial charge in [-0.3, -0.25) is 0 Å². The van der Waals surface area contributed by atoms with E-state index in [1.807, 2.05) is 0 Å². The molecule has 8 rings (SSSR count). The van der Waals surface area contributed by atoms with E-state index >= 15 is 0 Å². The Hall–Kier alpha value is -4.40. The van der Waals surface area contributed by atoms with Crippen LogP contribution in [0.25, 0.3) is 70.9 Å². The molecule has 0 saturated carbocycles. The number of aromatic nitrogens is 1. The van der Waals surface area contributed by atoms with Crippen LogP contribution in [0.3, 0.4) is 0 Å². The van der Waals surface area contributed by atoms with Crippen LogP contribution in [0.2, 0.25) is 0 Å². The highest BCUT2D eigenvalue weighted by Gasteiger charge is 2.15. The summed E-state index contributed by atoms with van der Waals surface area (Å²) >= 11 is 3.71. The van der Waals surface area contributed by atoms with Gasteiger partial charge in [0.1, 0.15) is 0 Å². The van der Waals surface area contributed by atoms with Gasteiger partial charge in [-0.1, -0.05) is 101 Å². The minimum Gasteiger partial charge on any atom is -0.309 e. The summed E-state index contributed by atoms with van der Waals surface area (Å²) in [5, 5.41) is 10.3. The molecule has 0 aliphatic heterocycles. The number of hydrogen-bond acceptors (Lipinski definition) is 0. The molecule has 1 heterocycles. The molecule has 0 radical (unpaired) electrons. The van der Waals surface area contributed by atoms with Crippen LogP contribution >= 0.6 is 15.9 Å². The third-order valence-electron chi connectivity index (χ3n) is 7.82. The molecule has 178 valence electrons. The van der Waals surface area contributed by atoms with Gasteiger partial charge in [0.15, 0.2) is 0 Å². The monoisotopic (exact) mass is 547 g/mol. The van der Waals surface area contributed by atoms with Crippen LogP contribution in [-0.4, -0.2) is 4.57 Å². The van der Waals surface area contributed by atoms with Crippen molar-refractivity contribution >= 4 is 70.1 Å². The Morgan fingerprint density at radius 2 is 0.842 bits per heavy atom. The fourth-order valence-electron chi connectivity index (χ4n) is 6.12. The van der Waals surface area contributed by atoms with E-state index in [9.17, 15) is 0 Å². The van der Waals surface area contributed by atoms with Gasteiger partial charge in [0.25, 0.3) is 0 Å². The third kappa shape index (κ3) is 3.17. The van der Waals surface area contributed by atoms with Crippen LogP contribution in [-0.2, 0) is 0 Å². The van der Waals surface area contributed by atoms with Gasteiger partial charge < -0.3 is 4.57 Å². The lowest BCUT2D eigenvalue weighted by molar-refractivity contribution is 1.18. The molecule has 0 atom stereocenters. The summed E-state index contributed by atoms with van der Waals surface area (Å²) in [6, 6.07) is 48.6. The van der Waals surface area contributed by atoms with Gasteiger partial charge >= 0.3 is 0 Å². The minimum absolute atomic E-state index is 1.09. The predicted octanol–water partition coefficient (Wildman–Crippen LogP) is 10.7. The van der Waals surface area contributed by atoms with E-state index in [2.05, 4.69) is 154 Å². The first-order chi connectivity index (χ1) is 18.8. The van der Waals surface area contributed by atoms with Crippen molar-refractivity contribution in [2.24, 2.45) is 0 Å². The van der Waals surface area contributed by atoms with Gasteiger partial charge in [0.05, 0.1) is 11.0 Å². The van der Waals surface area contributed by atoms with Gasteiger partial charge in [0, 0.05) is 20.9 Å². The van der Waals surface area contributed by atoms with Gasteiger partial charge in [-0.25, -0.2) is 0 Å². The summed E-state index contributed by atoms with van der Waals surface area (Å²) in [5.74, 6) is 0. The zero-order chi connectivity index (χ0) is 25.2. The first-order valence-electron chi connectivity index (χ1n) is 12.9. The van der Waals surface area contributed by atoms with E-state index in [1.165, 1.54) is 70.9 Å². The van der Waals surface area contributed by atoms with Crippen LogP contribution in [0.5, 0.6) is 0 Å². The molecule has 1 nitrogen and oxygen atoms in total. The third-order valence-corrected chi connectivity index (χ3v) is 8.31. The SMILES string of the molecule is Brc1ccc2c(c1)c1cc(-c3ccc4c5ccccc5c5ccccc5c4c3)ccc1n2-c1ccccc1. The average Bonchev–Trinajstić information content (AvgIpc) is 3.30. The number of fused-ring (bicyclic) bond motifs is 9.